The van der Waals surface area contributed by atoms with Crippen molar-refractivity contribution in [2.24, 2.45) is 0 Å². The first kappa shape index (κ1) is 12.0. The maximum absolute atomic E-state index is 9.25. The Hall–Kier alpha value is -0.120. The summed E-state index contributed by atoms with van der Waals surface area (Å²) < 4.78 is 0. The van der Waals surface area contributed by atoms with Crippen molar-refractivity contribution in [1.82, 2.24) is 9.80 Å². The van der Waals surface area contributed by atoms with Crippen molar-refractivity contribution >= 4 is 0 Å². The summed E-state index contributed by atoms with van der Waals surface area (Å²) in [5.41, 5.74) is 0. The zero-order valence-corrected chi connectivity index (χ0v) is 9.74. The van der Waals surface area contributed by atoms with E-state index in [-0.39, 0.29) is 6.10 Å². The van der Waals surface area contributed by atoms with Crippen LogP contribution in [0.25, 0.3) is 0 Å². The van der Waals surface area contributed by atoms with Crippen molar-refractivity contribution in [1.29, 1.82) is 0 Å². The first-order valence-corrected chi connectivity index (χ1v) is 5.70. The largest absolute Gasteiger partial charge is 0.393 e. The third-order valence-corrected chi connectivity index (χ3v) is 3.02. The van der Waals surface area contributed by atoms with Gasteiger partial charge in [0.25, 0.3) is 0 Å². The molecule has 3 heteroatoms. The SMILES string of the molecule is CC(O)CCN1CCCN(C)CC1C. The monoisotopic (exact) mass is 200 g/mol. The van der Waals surface area contributed by atoms with E-state index in [1.165, 1.54) is 19.5 Å². The summed E-state index contributed by atoms with van der Waals surface area (Å²) in [5, 5.41) is 9.25. The molecule has 1 fully saturated rings. The summed E-state index contributed by atoms with van der Waals surface area (Å²) in [5.74, 6) is 0. The van der Waals surface area contributed by atoms with Crippen molar-refractivity contribution in [3.8, 4) is 0 Å². The van der Waals surface area contributed by atoms with Gasteiger partial charge in [0.05, 0.1) is 6.10 Å². The molecule has 0 aromatic carbocycles. The third-order valence-electron chi connectivity index (χ3n) is 3.02. The van der Waals surface area contributed by atoms with E-state index in [4.69, 9.17) is 0 Å². The predicted molar refractivity (Wildman–Crippen MR) is 59.4 cm³/mol. The van der Waals surface area contributed by atoms with Gasteiger partial charge in [-0.15, -0.1) is 0 Å². The Balaban J connectivity index is 2.34. The topological polar surface area (TPSA) is 26.7 Å². The van der Waals surface area contributed by atoms with Gasteiger partial charge in [0.2, 0.25) is 0 Å². The molecule has 2 atom stereocenters. The molecule has 14 heavy (non-hydrogen) atoms. The molecule has 1 N–H and O–H groups in total. The van der Waals surface area contributed by atoms with Gasteiger partial charge in [-0.1, -0.05) is 0 Å². The number of rotatable bonds is 3. The molecule has 0 saturated carbocycles. The maximum atomic E-state index is 9.25. The average molecular weight is 200 g/mol. The van der Waals surface area contributed by atoms with Crippen molar-refractivity contribution < 1.29 is 5.11 Å². The maximum Gasteiger partial charge on any atom is 0.0524 e. The fourth-order valence-corrected chi connectivity index (χ4v) is 2.11. The third kappa shape index (κ3) is 3.95. The van der Waals surface area contributed by atoms with Crippen LogP contribution in [0.4, 0.5) is 0 Å². The van der Waals surface area contributed by atoms with Crippen LogP contribution in [0.2, 0.25) is 0 Å². The molecule has 1 saturated heterocycles. The zero-order chi connectivity index (χ0) is 10.6. The summed E-state index contributed by atoms with van der Waals surface area (Å²) in [6.07, 6.45) is 1.98. The van der Waals surface area contributed by atoms with E-state index in [0.717, 1.165) is 19.5 Å². The lowest BCUT2D eigenvalue weighted by molar-refractivity contribution is 0.138. The van der Waals surface area contributed by atoms with Crippen LogP contribution in [0, 0.1) is 0 Å². The Morgan fingerprint density at radius 1 is 1.43 bits per heavy atom. The molecule has 0 radical (unpaired) electrons. The van der Waals surface area contributed by atoms with Gasteiger partial charge in [0, 0.05) is 19.1 Å². The summed E-state index contributed by atoms with van der Waals surface area (Å²) in [6.45, 7) is 8.72. The Morgan fingerprint density at radius 3 is 2.79 bits per heavy atom. The van der Waals surface area contributed by atoms with Gasteiger partial charge in [0.15, 0.2) is 0 Å². The molecular weight excluding hydrogens is 176 g/mol. The molecule has 0 aromatic heterocycles. The van der Waals surface area contributed by atoms with Crippen molar-refractivity contribution in [3.05, 3.63) is 0 Å². The molecule has 1 aliphatic heterocycles. The Kier molecular flexibility index (Phi) is 4.85. The van der Waals surface area contributed by atoms with Gasteiger partial charge >= 0.3 is 0 Å². The minimum Gasteiger partial charge on any atom is -0.393 e. The fraction of sp³-hybridized carbons (Fsp3) is 1.00. The Morgan fingerprint density at radius 2 is 2.14 bits per heavy atom. The van der Waals surface area contributed by atoms with E-state index in [0.29, 0.717) is 6.04 Å². The standard InChI is InChI=1S/C11H24N2O/c1-10-9-12(3)6-4-7-13(10)8-5-11(2)14/h10-11,14H,4-9H2,1-3H3. The molecule has 3 nitrogen and oxygen atoms in total. The second-order valence-corrected chi connectivity index (χ2v) is 4.64. The number of likely N-dealkylation sites (N-methyl/N-ethyl adjacent to an activating group) is 1. The van der Waals surface area contributed by atoms with Gasteiger partial charge in [-0.05, 0) is 46.8 Å². The summed E-state index contributed by atoms with van der Waals surface area (Å²) in [4.78, 5) is 4.89. The zero-order valence-electron chi connectivity index (χ0n) is 9.74. The summed E-state index contributed by atoms with van der Waals surface area (Å²) >= 11 is 0. The lowest BCUT2D eigenvalue weighted by Gasteiger charge is -2.28. The van der Waals surface area contributed by atoms with Crippen molar-refractivity contribution in [2.75, 3.05) is 33.2 Å². The second kappa shape index (κ2) is 5.69. The lowest BCUT2D eigenvalue weighted by Crippen LogP contribution is -2.39. The minimum atomic E-state index is -0.164. The molecule has 84 valence electrons. The van der Waals surface area contributed by atoms with Gasteiger partial charge < -0.3 is 10.0 Å². The quantitative estimate of drug-likeness (QED) is 0.729. The molecule has 1 heterocycles. The molecule has 2 unspecified atom stereocenters. The highest BCUT2D eigenvalue weighted by Crippen LogP contribution is 2.09. The molecule has 0 spiro atoms. The van der Waals surface area contributed by atoms with Gasteiger partial charge in [-0.25, -0.2) is 0 Å². The van der Waals surface area contributed by atoms with Crippen molar-refractivity contribution in [2.45, 2.75) is 38.8 Å². The van der Waals surface area contributed by atoms with Gasteiger partial charge in [0.1, 0.15) is 0 Å². The number of aliphatic hydroxyl groups is 1. The van der Waals surface area contributed by atoms with Crippen LogP contribution in [-0.2, 0) is 0 Å². The second-order valence-electron chi connectivity index (χ2n) is 4.64. The molecular formula is C11H24N2O. The summed E-state index contributed by atoms with van der Waals surface area (Å²) in [6, 6.07) is 0.626. The van der Waals surface area contributed by atoms with E-state index >= 15 is 0 Å². The molecule has 0 aliphatic carbocycles. The number of aliphatic hydroxyl groups excluding tert-OH is 1. The van der Waals surface area contributed by atoms with Gasteiger partial charge in [-0.3, -0.25) is 4.90 Å². The molecule has 1 rings (SSSR count). The van der Waals surface area contributed by atoms with Crippen LogP contribution in [0.5, 0.6) is 0 Å². The number of hydrogen-bond donors (Lipinski definition) is 1. The highest BCUT2D eigenvalue weighted by atomic mass is 16.3. The highest BCUT2D eigenvalue weighted by Gasteiger charge is 2.19. The van der Waals surface area contributed by atoms with Crippen LogP contribution in [0.15, 0.2) is 0 Å². The molecule has 0 aromatic rings. The minimum absolute atomic E-state index is 0.164. The smallest absolute Gasteiger partial charge is 0.0524 e. The average Bonchev–Trinajstić information content (AvgIpc) is 2.23. The number of nitrogens with zero attached hydrogens (tertiary/aromatic N) is 2. The van der Waals surface area contributed by atoms with E-state index < -0.39 is 0 Å². The lowest BCUT2D eigenvalue weighted by atomic mass is 10.2. The van der Waals surface area contributed by atoms with E-state index in [9.17, 15) is 5.11 Å². The van der Waals surface area contributed by atoms with Crippen LogP contribution < -0.4 is 0 Å². The van der Waals surface area contributed by atoms with Crippen LogP contribution in [-0.4, -0.2) is 60.3 Å². The van der Waals surface area contributed by atoms with E-state index in [1.807, 2.05) is 6.92 Å². The predicted octanol–water partition coefficient (Wildman–Crippen LogP) is 0.783. The summed E-state index contributed by atoms with van der Waals surface area (Å²) in [7, 11) is 2.19. The normalized spacial score (nSPS) is 28.7. The van der Waals surface area contributed by atoms with Crippen LogP contribution in [0.3, 0.4) is 0 Å². The van der Waals surface area contributed by atoms with Crippen molar-refractivity contribution in [3.63, 3.8) is 0 Å². The molecule has 0 bridgehead atoms. The first-order valence-electron chi connectivity index (χ1n) is 5.70. The van der Waals surface area contributed by atoms with Crippen LogP contribution in [0.1, 0.15) is 26.7 Å². The molecule has 1 aliphatic rings. The van der Waals surface area contributed by atoms with Crippen LogP contribution >= 0.6 is 0 Å². The Labute approximate surface area is 87.7 Å². The van der Waals surface area contributed by atoms with E-state index in [1.54, 1.807) is 0 Å². The fourth-order valence-electron chi connectivity index (χ4n) is 2.11. The van der Waals surface area contributed by atoms with E-state index in [2.05, 4.69) is 23.8 Å². The number of hydrogen-bond acceptors (Lipinski definition) is 3. The highest BCUT2D eigenvalue weighted by molar-refractivity contribution is 4.75. The first-order chi connectivity index (χ1) is 6.59. The van der Waals surface area contributed by atoms with Gasteiger partial charge in [-0.2, -0.15) is 0 Å². The molecule has 0 amide bonds. The Bertz CT molecular complexity index is 161.